The Balaban J connectivity index is 5.08. The van der Waals surface area contributed by atoms with E-state index in [2.05, 4.69) is 22.3 Å². The Morgan fingerprint density at radius 1 is 1.09 bits per heavy atom. The van der Waals surface area contributed by atoms with Gasteiger partial charge in [0.25, 0.3) is 9.05 Å². The van der Waals surface area contributed by atoms with Gasteiger partial charge in [0.05, 0.1) is 0 Å². The van der Waals surface area contributed by atoms with Crippen molar-refractivity contribution in [3.63, 3.8) is 0 Å². The first-order valence-electron chi connectivity index (χ1n) is 1.89. The van der Waals surface area contributed by atoms with Crippen molar-refractivity contribution >= 4 is 31.3 Å². The van der Waals surface area contributed by atoms with E-state index in [0.717, 1.165) is 0 Å². The fourth-order valence-corrected chi connectivity index (χ4v) is 0.677. The molecule has 0 aromatic rings. The highest BCUT2D eigenvalue weighted by molar-refractivity contribution is 8.15. The van der Waals surface area contributed by atoms with Crippen LogP contribution in [0.4, 0.5) is 17.6 Å². The molecule has 68 valence electrons. The fourth-order valence-electron chi connectivity index (χ4n) is 0.138. The third-order valence-corrected chi connectivity index (χ3v) is 3.18. The first kappa shape index (κ1) is 11.2. The number of hydrogen-bond donors (Lipinski definition) is 0. The Hall–Kier alpha value is 0.250. The molecule has 0 saturated heterocycles. The van der Waals surface area contributed by atoms with Crippen molar-refractivity contribution in [2.45, 2.75) is 10.6 Å². The van der Waals surface area contributed by atoms with Crippen LogP contribution in [0, 0.1) is 0 Å². The molecule has 0 amide bonds. The highest BCUT2D eigenvalue weighted by atomic mass is 35.7. The normalized spacial score (nSPS) is 19.5. The molecule has 2 nitrogen and oxygen atoms in total. The number of alkyl halides is 5. The van der Waals surface area contributed by atoms with Crippen molar-refractivity contribution < 1.29 is 26.0 Å². The van der Waals surface area contributed by atoms with Gasteiger partial charge in [0.1, 0.15) is 0 Å². The Bertz CT molecular complexity index is 241. The molecule has 0 rings (SSSR count). The summed E-state index contributed by atoms with van der Waals surface area (Å²) in [6, 6.07) is 0. The molecule has 0 saturated carbocycles. The molecule has 0 aliphatic carbocycles. The summed E-state index contributed by atoms with van der Waals surface area (Å²) in [6.07, 6.45) is -5.74. The van der Waals surface area contributed by atoms with Gasteiger partial charge in [0.15, 0.2) is 0 Å². The molecular weight excluding hydrogens is 235 g/mol. The third-order valence-electron chi connectivity index (χ3n) is 0.636. The summed E-state index contributed by atoms with van der Waals surface area (Å²) in [5, 5.41) is 0. The van der Waals surface area contributed by atoms with Crippen LogP contribution in [0.15, 0.2) is 0 Å². The molecule has 1 unspecified atom stereocenters. The highest BCUT2D eigenvalue weighted by Crippen LogP contribution is 2.43. The average molecular weight is 235 g/mol. The minimum absolute atomic E-state index is 3.98. The van der Waals surface area contributed by atoms with Gasteiger partial charge in [0.2, 0.25) is 0 Å². The Morgan fingerprint density at radius 3 is 1.36 bits per heavy atom. The van der Waals surface area contributed by atoms with Gasteiger partial charge < -0.3 is 0 Å². The molecule has 0 fully saturated rings. The third kappa shape index (κ3) is 2.09. The summed E-state index contributed by atoms with van der Waals surface area (Å²) < 4.78 is 60.9. The van der Waals surface area contributed by atoms with Gasteiger partial charge >= 0.3 is 10.6 Å². The summed E-state index contributed by atoms with van der Waals surface area (Å²) in [4.78, 5) is 0. The lowest BCUT2D eigenvalue weighted by molar-refractivity contribution is -0.170. The fraction of sp³-hybridized carbons (Fsp3) is 1.00. The molecular formula is C2Cl2F4O2S. The number of halogens is 6. The van der Waals surface area contributed by atoms with E-state index in [1.807, 2.05) is 0 Å². The van der Waals surface area contributed by atoms with Crippen molar-refractivity contribution in [3.05, 3.63) is 0 Å². The molecule has 0 N–H and O–H groups in total. The van der Waals surface area contributed by atoms with E-state index in [9.17, 15) is 26.0 Å². The van der Waals surface area contributed by atoms with Crippen LogP contribution in [0.2, 0.25) is 0 Å². The van der Waals surface area contributed by atoms with Crippen LogP contribution in [0.25, 0.3) is 0 Å². The molecule has 0 spiro atoms. The lowest BCUT2D eigenvalue weighted by Crippen LogP contribution is -2.40. The highest BCUT2D eigenvalue weighted by Gasteiger charge is 2.64. The van der Waals surface area contributed by atoms with Gasteiger partial charge in [-0.2, -0.15) is 17.6 Å². The van der Waals surface area contributed by atoms with Crippen molar-refractivity contribution in [2.24, 2.45) is 0 Å². The number of hydrogen-bond acceptors (Lipinski definition) is 2. The Morgan fingerprint density at radius 2 is 1.36 bits per heavy atom. The van der Waals surface area contributed by atoms with Crippen LogP contribution >= 0.6 is 22.3 Å². The zero-order chi connectivity index (χ0) is 9.50. The lowest BCUT2D eigenvalue weighted by Gasteiger charge is -2.16. The van der Waals surface area contributed by atoms with Crippen molar-refractivity contribution in [3.8, 4) is 0 Å². The SMILES string of the molecule is O=S(=O)(Cl)C(F)(Cl)C(F)(F)F. The second-order valence-electron chi connectivity index (χ2n) is 1.45. The topological polar surface area (TPSA) is 34.1 Å². The maximum absolute atomic E-state index is 12.0. The van der Waals surface area contributed by atoms with Gasteiger partial charge in [-0.05, 0) is 0 Å². The predicted octanol–water partition coefficient (Wildman–Crippen LogP) is 1.98. The predicted molar refractivity (Wildman–Crippen MR) is 30.5 cm³/mol. The smallest absolute Gasteiger partial charge is 0.207 e. The van der Waals surface area contributed by atoms with Crippen molar-refractivity contribution in [1.29, 1.82) is 0 Å². The summed E-state index contributed by atoms with van der Waals surface area (Å²) in [6.45, 7) is 0. The summed E-state index contributed by atoms with van der Waals surface area (Å²) in [5.41, 5.74) is 0. The maximum Gasteiger partial charge on any atom is 0.454 e. The summed E-state index contributed by atoms with van der Waals surface area (Å²) in [7, 11) is -1.46. The second kappa shape index (κ2) is 2.63. The molecule has 9 heteroatoms. The van der Waals surface area contributed by atoms with E-state index < -0.39 is 19.7 Å². The Labute approximate surface area is 68.5 Å². The first-order valence-corrected chi connectivity index (χ1v) is 4.57. The summed E-state index contributed by atoms with van der Waals surface area (Å²) in [5.74, 6) is 0. The minimum atomic E-state index is -5.74. The van der Waals surface area contributed by atoms with Gasteiger partial charge in [-0.15, -0.1) is 0 Å². The molecule has 1 atom stereocenters. The Kier molecular flexibility index (Phi) is 2.69. The van der Waals surface area contributed by atoms with Crippen LogP contribution < -0.4 is 0 Å². The second-order valence-corrected chi connectivity index (χ2v) is 4.85. The molecule has 0 aliphatic rings. The van der Waals surface area contributed by atoms with E-state index >= 15 is 0 Å². The average Bonchev–Trinajstić information content (AvgIpc) is 1.58. The van der Waals surface area contributed by atoms with Crippen LogP contribution in [-0.4, -0.2) is 19.1 Å². The van der Waals surface area contributed by atoms with E-state index in [1.165, 1.54) is 0 Å². The molecule has 0 aromatic heterocycles. The minimum Gasteiger partial charge on any atom is -0.207 e. The van der Waals surface area contributed by atoms with E-state index in [1.54, 1.807) is 0 Å². The van der Waals surface area contributed by atoms with E-state index in [0.29, 0.717) is 0 Å². The van der Waals surface area contributed by atoms with Crippen LogP contribution in [0.1, 0.15) is 0 Å². The van der Waals surface area contributed by atoms with Gasteiger partial charge in [-0.25, -0.2) is 8.42 Å². The molecule has 11 heavy (non-hydrogen) atoms. The van der Waals surface area contributed by atoms with Gasteiger partial charge in [-0.3, -0.25) is 0 Å². The van der Waals surface area contributed by atoms with Crippen LogP contribution in [0.3, 0.4) is 0 Å². The largest absolute Gasteiger partial charge is 0.454 e. The van der Waals surface area contributed by atoms with Gasteiger partial charge in [-0.1, -0.05) is 11.6 Å². The van der Waals surface area contributed by atoms with Crippen LogP contribution in [0.5, 0.6) is 0 Å². The quantitative estimate of drug-likeness (QED) is 0.395. The monoisotopic (exact) mass is 234 g/mol. The zero-order valence-electron chi connectivity index (χ0n) is 4.49. The summed E-state index contributed by atoms with van der Waals surface area (Å²) >= 11 is 3.98. The first-order chi connectivity index (χ1) is 4.50. The molecule has 0 bridgehead atoms. The van der Waals surface area contributed by atoms with E-state index in [4.69, 9.17) is 0 Å². The molecule has 0 radical (unpaired) electrons. The number of rotatable bonds is 1. The van der Waals surface area contributed by atoms with E-state index in [-0.39, 0.29) is 0 Å². The van der Waals surface area contributed by atoms with Crippen molar-refractivity contribution in [1.82, 2.24) is 0 Å². The molecule has 0 aromatic carbocycles. The lowest BCUT2D eigenvalue weighted by atomic mass is 10.7. The van der Waals surface area contributed by atoms with Crippen LogP contribution in [-0.2, 0) is 9.05 Å². The van der Waals surface area contributed by atoms with Gasteiger partial charge in [0, 0.05) is 10.7 Å². The maximum atomic E-state index is 12.0. The molecule has 0 aliphatic heterocycles. The van der Waals surface area contributed by atoms with Crippen molar-refractivity contribution in [2.75, 3.05) is 0 Å². The molecule has 0 heterocycles. The zero-order valence-corrected chi connectivity index (χ0v) is 6.82. The standard InChI is InChI=1S/C2Cl2F4O2S/c3-1(5,2(6,7)8)11(4,9)10.